The van der Waals surface area contributed by atoms with E-state index in [1.807, 2.05) is 61.5 Å². The number of anilines is 2. The van der Waals surface area contributed by atoms with Gasteiger partial charge in [-0.1, -0.05) is 48.0 Å². The highest BCUT2D eigenvalue weighted by molar-refractivity contribution is 5.92. The van der Waals surface area contributed by atoms with E-state index >= 15 is 0 Å². The first-order valence-electron chi connectivity index (χ1n) is 12.6. The van der Waals surface area contributed by atoms with E-state index in [-0.39, 0.29) is 0 Å². The van der Waals surface area contributed by atoms with Gasteiger partial charge in [0.25, 0.3) is 0 Å². The topological polar surface area (TPSA) is 146 Å². The quantitative estimate of drug-likeness (QED) is 0.243. The van der Waals surface area contributed by atoms with Gasteiger partial charge in [0.1, 0.15) is 35.9 Å². The van der Waals surface area contributed by atoms with Crippen LogP contribution in [0.2, 0.25) is 0 Å². The van der Waals surface area contributed by atoms with Crippen molar-refractivity contribution in [1.82, 2.24) is 15.3 Å². The van der Waals surface area contributed by atoms with Crippen molar-refractivity contribution in [3.05, 3.63) is 78.4 Å². The molecule has 10 heteroatoms. The maximum absolute atomic E-state index is 11.7. The lowest BCUT2D eigenvalue weighted by atomic mass is 9.97. The van der Waals surface area contributed by atoms with Gasteiger partial charge in [0, 0.05) is 29.6 Å². The van der Waals surface area contributed by atoms with E-state index in [2.05, 4.69) is 10.6 Å². The molecule has 5 rings (SSSR count). The van der Waals surface area contributed by atoms with Gasteiger partial charge in [0.15, 0.2) is 5.82 Å². The number of nitrogens with zero attached hydrogens (tertiary/aromatic N) is 2. The summed E-state index contributed by atoms with van der Waals surface area (Å²) in [7, 11) is 0. The average Bonchev–Trinajstić information content (AvgIpc) is 2.93. The summed E-state index contributed by atoms with van der Waals surface area (Å²) in [6.07, 6.45) is -5.04. The Balaban J connectivity index is 1.43. The van der Waals surface area contributed by atoms with Crippen LogP contribution in [0.25, 0.3) is 22.3 Å². The lowest BCUT2D eigenvalue weighted by Gasteiger charge is -2.42. The second-order valence-electron chi connectivity index (χ2n) is 9.48. The van der Waals surface area contributed by atoms with Crippen molar-refractivity contribution in [2.24, 2.45) is 0 Å². The largest absolute Gasteiger partial charge is 0.462 e. The number of aryl methyl sites for hydroxylation is 1. The van der Waals surface area contributed by atoms with Crippen molar-refractivity contribution in [3.63, 3.8) is 0 Å². The summed E-state index contributed by atoms with van der Waals surface area (Å²) in [5, 5.41) is 37.2. The van der Waals surface area contributed by atoms with Gasteiger partial charge in [0.05, 0.1) is 12.1 Å². The number of carbonyl (C=O) groups is 1. The van der Waals surface area contributed by atoms with Gasteiger partial charge < -0.3 is 35.4 Å². The van der Waals surface area contributed by atoms with Gasteiger partial charge in [-0.2, -0.15) is 0 Å². The van der Waals surface area contributed by atoms with Gasteiger partial charge in [-0.05, 0) is 31.2 Å². The number of amides is 1. The smallest absolute Gasteiger partial charge is 0.223 e. The van der Waals surface area contributed by atoms with Crippen LogP contribution < -0.4 is 15.4 Å². The number of aliphatic hydroxyl groups is 3. The van der Waals surface area contributed by atoms with Gasteiger partial charge in [-0.3, -0.25) is 4.79 Å². The van der Waals surface area contributed by atoms with Crippen LogP contribution in [0.4, 0.5) is 11.5 Å². The molecule has 1 saturated heterocycles. The molecular weight excluding hydrogens is 500 g/mol. The third kappa shape index (κ3) is 5.84. The van der Waals surface area contributed by atoms with Crippen LogP contribution in [0, 0.1) is 6.92 Å². The lowest BCUT2D eigenvalue weighted by molar-refractivity contribution is -0.244. The number of rotatable bonds is 7. The molecule has 202 valence electrons. The average molecular weight is 531 g/mol. The molecule has 1 amide bonds. The van der Waals surface area contributed by atoms with Crippen LogP contribution in [0.3, 0.4) is 0 Å². The first-order chi connectivity index (χ1) is 18.8. The Kier molecular flexibility index (Phi) is 7.71. The Labute approximate surface area is 225 Å². The molecule has 0 bridgehead atoms. The maximum Gasteiger partial charge on any atom is 0.223 e. The highest BCUT2D eigenvalue weighted by atomic mass is 16.7. The molecule has 0 saturated carbocycles. The molecule has 5 atom stereocenters. The van der Waals surface area contributed by atoms with Crippen molar-refractivity contribution in [1.29, 1.82) is 0 Å². The number of nitrogens with one attached hydrogen (secondary N) is 2. The first-order valence-corrected chi connectivity index (χ1v) is 12.6. The van der Waals surface area contributed by atoms with Gasteiger partial charge >= 0.3 is 0 Å². The zero-order valence-electron chi connectivity index (χ0n) is 21.5. The summed E-state index contributed by atoms with van der Waals surface area (Å²) in [6.45, 7) is 2.78. The predicted octanol–water partition coefficient (Wildman–Crippen LogP) is 2.67. The van der Waals surface area contributed by atoms with Crippen molar-refractivity contribution in [2.45, 2.75) is 44.5 Å². The highest BCUT2D eigenvalue weighted by Crippen LogP contribution is 2.30. The van der Waals surface area contributed by atoms with E-state index in [0.29, 0.717) is 23.1 Å². The van der Waals surface area contributed by atoms with E-state index in [1.165, 1.54) is 6.92 Å². The summed E-state index contributed by atoms with van der Waals surface area (Å²) >= 11 is 0. The SMILES string of the molecule is CC(=O)NC1C(Oc2cccc(Nc3nc(-c4ccc(C)cc4)nc4ccccc34)c2)OC(CO)C(O)C1O. The molecule has 1 aliphatic heterocycles. The number of benzene rings is 3. The van der Waals surface area contributed by atoms with Crippen LogP contribution >= 0.6 is 0 Å². The third-order valence-electron chi connectivity index (χ3n) is 6.51. The summed E-state index contributed by atoms with van der Waals surface area (Å²) in [6, 6.07) is 21.7. The Morgan fingerprint density at radius 1 is 1.00 bits per heavy atom. The van der Waals surface area contributed by atoms with Crippen LogP contribution in [-0.4, -0.2) is 68.4 Å². The van der Waals surface area contributed by atoms with Gasteiger partial charge in [-0.15, -0.1) is 0 Å². The Bertz CT molecular complexity index is 1460. The monoisotopic (exact) mass is 530 g/mol. The van der Waals surface area contributed by atoms with Gasteiger partial charge in [-0.25, -0.2) is 9.97 Å². The number of aromatic nitrogens is 2. The molecule has 1 fully saturated rings. The Morgan fingerprint density at radius 3 is 2.51 bits per heavy atom. The number of hydrogen-bond acceptors (Lipinski definition) is 9. The van der Waals surface area contributed by atoms with Crippen LogP contribution in [-0.2, 0) is 9.53 Å². The molecule has 0 radical (unpaired) electrons. The number of aliphatic hydroxyl groups excluding tert-OH is 3. The van der Waals surface area contributed by atoms with Crippen molar-refractivity contribution < 1.29 is 29.6 Å². The molecule has 39 heavy (non-hydrogen) atoms. The molecule has 0 spiro atoms. The molecule has 2 heterocycles. The lowest BCUT2D eigenvalue weighted by Crippen LogP contribution is -2.65. The van der Waals surface area contributed by atoms with Gasteiger partial charge in [0.2, 0.25) is 12.2 Å². The first kappa shape index (κ1) is 26.5. The zero-order valence-corrected chi connectivity index (χ0v) is 21.5. The molecule has 5 unspecified atom stereocenters. The predicted molar refractivity (Wildman–Crippen MR) is 145 cm³/mol. The standard InChI is InChI=1S/C29H30N4O6/c1-16-10-12-18(13-11-16)27-32-22-9-4-3-8-21(22)28(33-27)31-19-6-5-7-20(14-19)38-29-24(30-17(2)35)26(37)25(36)23(15-34)39-29/h3-14,23-26,29,34,36-37H,15H2,1-2H3,(H,30,35)(H,31,32,33). The molecule has 1 aromatic heterocycles. The van der Waals surface area contributed by atoms with E-state index in [9.17, 15) is 20.1 Å². The molecule has 10 nitrogen and oxygen atoms in total. The molecule has 1 aliphatic rings. The second-order valence-corrected chi connectivity index (χ2v) is 9.48. The molecule has 4 aromatic rings. The summed E-state index contributed by atoms with van der Waals surface area (Å²) < 4.78 is 11.7. The highest BCUT2D eigenvalue weighted by Gasteiger charge is 2.46. The number of para-hydroxylation sites is 1. The molecule has 3 aromatic carbocycles. The number of fused-ring (bicyclic) bond motifs is 1. The third-order valence-corrected chi connectivity index (χ3v) is 6.51. The van der Waals surface area contributed by atoms with Crippen LogP contribution in [0.5, 0.6) is 5.75 Å². The fraction of sp³-hybridized carbons (Fsp3) is 0.276. The fourth-order valence-corrected chi connectivity index (χ4v) is 4.49. The summed E-state index contributed by atoms with van der Waals surface area (Å²) in [5.41, 5.74) is 3.49. The Morgan fingerprint density at radius 2 is 1.77 bits per heavy atom. The van der Waals surface area contributed by atoms with Crippen molar-refractivity contribution in [2.75, 3.05) is 11.9 Å². The van der Waals surface area contributed by atoms with E-state index in [4.69, 9.17) is 19.4 Å². The van der Waals surface area contributed by atoms with E-state index in [0.717, 1.165) is 22.0 Å². The summed E-state index contributed by atoms with van der Waals surface area (Å²) in [5.74, 6) is 1.14. The Hall–Kier alpha value is -4.09. The maximum atomic E-state index is 11.7. The van der Waals surface area contributed by atoms with Crippen LogP contribution in [0.1, 0.15) is 12.5 Å². The second kappa shape index (κ2) is 11.3. The zero-order chi connectivity index (χ0) is 27.5. The number of ether oxygens (including phenoxy) is 2. The van der Waals surface area contributed by atoms with Crippen LogP contribution in [0.15, 0.2) is 72.8 Å². The van der Waals surface area contributed by atoms with E-state index in [1.54, 1.807) is 18.2 Å². The fourth-order valence-electron chi connectivity index (χ4n) is 4.49. The van der Waals surface area contributed by atoms with Crippen molar-refractivity contribution >= 4 is 28.3 Å². The van der Waals surface area contributed by atoms with E-state index < -0.39 is 43.2 Å². The minimum atomic E-state index is -1.40. The molecule has 0 aliphatic carbocycles. The molecular formula is C29H30N4O6. The van der Waals surface area contributed by atoms with Crippen molar-refractivity contribution in [3.8, 4) is 17.1 Å². The minimum absolute atomic E-state index is 0.373. The molecule has 5 N–H and O–H groups in total. The summed E-state index contributed by atoms with van der Waals surface area (Å²) in [4.78, 5) is 21.3. The number of carbonyl (C=O) groups excluding carboxylic acids is 1. The minimum Gasteiger partial charge on any atom is -0.462 e. The normalized spacial score (nSPS) is 22.8. The number of hydrogen-bond donors (Lipinski definition) is 5.